The Bertz CT molecular complexity index is 907. The highest BCUT2D eigenvalue weighted by atomic mass is 16.7. The first-order valence-corrected chi connectivity index (χ1v) is 9.92. The van der Waals surface area contributed by atoms with Gasteiger partial charge in [-0.1, -0.05) is 6.07 Å². The lowest BCUT2D eigenvalue weighted by molar-refractivity contribution is -0.117. The number of hydrogen-bond donors (Lipinski definition) is 1. The van der Waals surface area contributed by atoms with Crippen molar-refractivity contribution >= 4 is 17.6 Å². The molecule has 2 heterocycles. The summed E-state index contributed by atoms with van der Waals surface area (Å²) in [5, 5.41) is 2.88. The van der Waals surface area contributed by atoms with Crippen molar-refractivity contribution in [2.45, 2.75) is 6.54 Å². The van der Waals surface area contributed by atoms with Gasteiger partial charge < -0.3 is 19.5 Å². The smallest absolute Gasteiger partial charge is 0.337 e. The average Bonchev–Trinajstić information content (AvgIpc) is 3.23. The highest BCUT2D eigenvalue weighted by Gasteiger charge is 2.20. The lowest BCUT2D eigenvalue weighted by Crippen LogP contribution is -2.48. The van der Waals surface area contributed by atoms with Crippen molar-refractivity contribution < 1.29 is 23.8 Å². The summed E-state index contributed by atoms with van der Waals surface area (Å²) >= 11 is 0. The molecule has 8 nitrogen and oxygen atoms in total. The SMILES string of the molecule is COC(=O)c1ccc(NC(=O)CN2CCN(Cc3ccc4c(c3)OCO4)CC2)cc1. The maximum Gasteiger partial charge on any atom is 0.337 e. The number of amides is 1. The summed E-state index contributed by atoms with van der Waals surface area (Å²) in [6.45, 7) is 4.94. The maximum absolute atomic E-state index is 12.4. The Labute approximate surface area is 175 Å². The summed E-state index contributed by atoms with van der Waals surface area (Å²) < 4.78 is 15.5. The Morgan fingerprint density at radius 2 is 1.67 bits per heavy atom. The van der Waals surface area contributed by atoms with E-state index >= 15 is 0 Å². The van der Waals surface area contributed by atoms with Crippen LogP contribution in [0.4, 0.5) is 5.69 Å². The molecule has 1 amide bonds. The van der Waals surface area contributed by atoms with E-state index in [2.05, 4.69) is 25.9 Å². The van der Waals surface area contributed by atoms with Crippen molar-refractivity contribution in [1.82, 2.24) is 9.80 Å². The van der Waals surface area contributed by atoms with Crippen LogP contribution in [0, 0.1) is 0 Å². The van der Waals surface area contributed by atoms with Crippen LogP contribution in [0.5, 0.6) is 11.5 Å². The van der Waals surface area contributed by atoms with Gasteiger partial charge in [0, 0.05) is 38.4 Å². The fraction of sp³-hybridized carbons (Fsp3) is 0.364. The Hall–Kier alpha value is -3.10. The molecule has 0 aliphatic carbocycles. The van der Waals surface area contributed by atoms with E-state index in [1.165, 1.54) is 12.7 Å². The number of piperazine rings is 1. The van der Waals surface area contributed by atoms with E-state index < -0.39 is 5.97 Å². The van der Waals surface area contributed by atoms with Gasteiger partial charge in [-0.05, 0) is 42.0 Å². The van der Waals surface area contributed by atoms with E-state index in [-0.39, 0.29) is 12.7 Å². The minimum absolute atomic E-state index is 0.0648. The monoisotopic (exact) mass is 411 g/mol. The zero-order chi connectivity index (χ0) is 20.9. The normalized spacial score (nSPS) is 16.3. The van der Waals surface area contributed by atoms with Crippen LogP contribution >= 0.6 is 0 Å². The number of anilines is 1. The molecule has 1 N–H and O–H groups in total. The van der Waals surface area contributed by atoms with Crippen LogP contribution in [-0.4, -0.2) is 68.3 Å². The van der Waals surface area contributed by atoms with E-state index in [4.69, 9.17) is 9.47 Å². The summed E-state index contributed by atoms with van der Waals surface area (Å²) in [7, 11) is 1.34. The van der Waals surface area contributed by atoms with Gasteiger partial charge in [0.25, 0.3) is 0 Å². The largest absolute Gasteiger partial charge is 0.465 e. The van der Waals surface area contributed by atoms with Gasteiger partial charge in [0.05, 0.1) is 19.2 Å². The van der Waals surface area contributed by atoms with Crippen LogP contribution in [0.1, 0.15) is 15.9 Å². The molecular formula is C22H25N3O5. The van der Waals surface area contributed by atoms with Crippen molar-refractivity contribution in [2.24, 2.45) is 0 Å². The second-order valence-corrected chi connectivity index (χ2v) is 7.36. The molecule has 0 unspecified atom stereocenters. The van der Waals surface area contributed by atoms with E-state index in [0.29, 0.717) is 17.8 Å². The second kappa shape index (κ2) is 9.15. The van der Waals surface area contributed by atoms with Gasteiger partial charge in [-0.15, -0.1) is 0 Å². The molecule has 0 aromatic heterocycles. The minimum Gasteiger partial charge on any atom is -0.465 e. The summed E-state index contributed by atoms with van der Waals surface area (Å²) in [5.41, 5.74) is 2.31. The van der Waals surface area contributed by atoms with Gasteiger partial charge in [0.1, 0.15) is 0 Å². The van der Waals surface area contributed by atoms with Crippen LogP contribution in [0.2, 0.25) is 0 Å². The van der Waals surface area contributed by atoms with Gasteiger partial charge in [-0.2, -0.15) is 0 Å². The molecule has 1 fully saturated rings. The van der Waals surface area contributed by atoms with Crippen LogP contribution in [0.15, 0.2) is 42.5 Å². The molecule has 2 aromatic carbocycles. The van der Waals surface area contributed by atoms with Crippen LogP contribution in [0.3, 0.4) is 0 Å². The Balaban J connectivity index is 1.21. The van der Waals surface area contributed by atoms with Gasteiger partial charge >= 0.3 is 5.97 Å². The highest BCUT2D eigenvalue weighted by molar-refractivity contribution is 5.94. The summed E-state index contributed by atoms with van der Waals surface area (Å²) in [4.78, 5) is 28.3. The third-order valence-corrected chi connectivity index (χ3v) is 5.27. The number of benzene rings is 2. The van der Waals surface area contributed by atoms with Crippen molar-refractivity contribution in [2.75, 3.05) is 51.9 Å². The van der Waals surface area contributed by atoms with Crippen molar-refractivity contribution in [1.29, 1.82) is 0 Å². The van der Waals surface area contributed by atoms with Crippen LogP contribution in [0.25, 0.3) is 0 Å². The van der Waals surface area contributed by atoms with E-state index in [9.17, 15) is 9.59 Å². The molecule has 1 saturated heterocycles. The summed E-state index contributed by atoms with van der Waals surface area (Å²) in [6.07, 6.45) is 0. The molecule has 0 radical (unpaired) electrons. The summed E-state index contributed by atoms with van der Waals surface area (Å²) in [5.74, 6) is 1.15. The molecule has 2 aromatic rings. The van der Waals surface area contributed by atoms with Gasteiger partial charge in [-0.25, -0.2) is 4.79 Å². The number of methoxy groups -OCH3 is 1. The number of hydrogen-bond acceptors (Lipinski definition) is 7. The lowest BCUT2D eigenvalue weighted by Gasteiger charge is -2.34. The molecule has 0 saturated carbocycles. The van der Waals surface area contributed by atoms with E-state index in [1.54, 1.807) is 24.3 Å². The molecule has 0 bridgehead atoms. The molecule has 0 atom stereocenters. The fourth-order valence-electron chi connectivity index (χ4n) is 3.61. The molecule has 158 valence electrons. The topological polar surface area (TPSA) is 80.3 Å². The standard InChI is InChI=1S/C22H25N3O5/c1-28-22(27)17-3-5-18(6-4-17)23-21(26)14-25-10-8-24(9-11-25)13-16-2-7-19-20(12-16)30-15-29-19/h2-7,12H,8-11,13-15H2,1H3,(H,23,26). The number of carbonyl (C=O) groups is 2. The molecular weight excluding hydrogens is 386 g/mol. The van der Waals surface area contributed by atoms with Crippen molar-refractivity contribution in [3.8, 4) is 11.5 Å². The fourth-order valence-corrected chi connectivity index (χ4v) is 3.61. The third-order valence-electron chi connectivity index (χ3n) is 5.27. The van der Waals surface area contributed by atoms with Gasteiger partial charge in [0.2, 0.25) is 12.7 Å². The number of ether oxygens (including phenoxy) is 3. The molecule has 2 aliphatic rings. The lowest BCUT2D eigenvalue weighted by atomic mass is 10.1. The van der Waals surface area contributed by atoms with E-state index in [0.717, 1.165) is 44.2 Å². The number of esters is 1. The zero-order valence-electron chi connectivity index (χ0n) is 16.9. The highest BCUT2D eigenvalue weighted by Crippen LogP contribution is 2.32. The maximum atomic E-state index is 12.4. The second-order valence-electron chi connectivity index (χ2n) is 7.36. The zero-order valence-corrected chi connectivity index (χ0v) is 16.9. The Morgan fingerprint density at radius 1 is 0.967 bits per heavy atom. The van der Waals surface area contributed by atoms with E-state index in [1.807, 2.05) is 12.1 Å². The predicted molar refractivity (Wildman–Crippen MR) is 111 cm³/mol. The van der Waals surface area contributed by atoms with Crippen LogP contribution < -0.4 is 14.8 Å². The Kier molecular flexibility index (Phi) is 6.15. The first-order chi connectivity index (χ1) is 14.6. The quantitative estimate of drug-likeness (QED) is 0.728. The van der Waals surface area contributed by atoms with Crippen LogP contribution in [-0.2, 0) is 16.1 Å². The Morgan fingerprint density at radius 3 is 2.40 bits per heavy atom. The number of carbonyl (C=O) groups excluding carboxylic acids is 2. The first kappa shape index (κ1) is 20.2. The predicted octanol–water partition coefficient (Wildman–Crippen LogP) is 1.96. The van der Waals surface area contributed by atoms with Gasteiger partial charge in [0.15, 0.2) is 11.5 Å². The molecule has 2 aliphatic heterocycles. The first-order valence-electron chi connectivity index (χ1n) is 9.92. The number of nitrogens with zero attached hydrogens (tertiary/aromatic N) is 2. The van der Waals surface area contributed by atoms with Crippen molar-refractivity contribution in [3.05, 3.63) is 53.6 Å². The van der Waals surface area contributed by atoms with Gasteiger partial charge in [-0.3, -0.25) is 14.6 Å². The molecule has 4 rings (SSSR count). The number of nitrogens with one attached hydrogen (secondary N) is 1. The third kappa shape index (κ3) is 4.90. The number of rotatable bonds is 6. The molecule has 30 heavy (non-hydrogen) atoms. The summed E-state index contributed by atoms with van der Waals surface area (Å²) in [6, 6.07) is 12.7. The van der Waals surface area contributed by atoms with Crippen molar-refractivity contribution in [3.63, 3.8) is 0 Å². The average molecular weight is 411 g/mol. The number of fused-ring (bicyclic) bond motifs is 1. The molecule has 0 spiro atoms. The molecule has 8 heteroatoms. The minimum atomic E-state index is -0.397.